The summed E-state index contributed by atoms with van der Waals surface area (Å²) in [6.07, 6.45) is 2.77. The lowest BCUT2D eigenvalue weighted by Crippen LogP contribution is -2.26. The summed E-state index contributed by atoms with van der Waals surface area (Å²) in [5, 5.41) is 9.94. The number of nitrogens with zero attached hydrogens (tertiary/aromatic N) is 3. The number of para-hydroxylation sites is 1. The maximum atomic E-state index is 9.94. The summed E-state index contributed by atoms with van der Waals surface area (Å²) in [5.41, 5.74) is 4.39. The highest BCUT2D eigenvalue weighted by atomic mass is 16.5. The van der Waals surface area contributed by atoms with Crippen molar-refractivity contribution >= 4 is 5.69 Å². The van der Waals surface area contributed by atoms with Gasteiger partial charge in [0.05, 0.1) is 37.3 Å². The van der Waals surface area contributed by atoms with Gasteiger partial charge in [-0.2, -0.15) is 0 Å². The Kier molecular flexibility index (Phi) is 5.62. The number of anilines is 1. The average molecular weight is 391 g/mol. The highest BCUT2D eigenvalue weighted by Gasteiger charge is 2.26. The van der Waals surface area contributed by atoms with E-state index in [4.69, 9.17) is 14.5 Å². The first kappa shape index (κ1) is 19.2. The van der Waals surface area contributed by atoms with Crippen LogP contribution >= 0.6 is 0 Å². The van der Waals surface area contributed by atoms with Gasteiger partial charge in [-0.05, 0) is 36.8 Å². The molecule has 2 aromatic heterocycles. The Balaban J connectivity index is 1.52. The molecule has 0 aliphatic carbocycles. The number of hydrogen-bond donors (Lipinski definition) is 1. The van der Waals surface area contributed by atoms with Gasteiger partial charge in [-0.3, -0.25) is 0 Å². The van der Waals surface area contributed by atoms with E-state index >= 15 is 0 Å². The van der Waals surface area contributed by atoms with Gasteiger partial charge in [-0.25, -0.2) is 9.97 Å². The number of hydrogen-bond acceptors (Lipinski definition) is 6. The average Bonchev–Trinajstić information content (AvgIpc) is 3.23. The zero-order valence-corrected chi connectivity index (χ0v) is 16.7. The molecule has 1 aromatic carbocycles. The lowest BCUT2D eigenvalue weighted by atomic mass is 10.1. The molecule has 1 saturated heterocycles. The number of aryl methyl sites for hydroxylation is 1. The topological polar surface area (TPSA) is 67.7 Å². The lowest BCUT2D eigenvalue weighted by Gasteiger charge is -2.22. The quantitative estimate of drug-likeness (QED) is 0.692. The van der Waals surface area contributed by atoms with Gasteiger partial charge in [0.25, 0.3) is 0 Å². The van der Waals surface area contributed by atoms with Crippen molar-refractivity contribution in [3.05, 3.63) is 66.0 Å². The van der Waals surface area contributed by atoms with E-state index in [2.05, 4.69) is 9.88 Å². The highest BCUT2D eigenvalue weighted by molar-refractivity contribution is 5.69. The number of ether oxygens (including phenoxy) is 2. The second kappa shape index (κ2) is 8.49. The molecule has 0 saturated carbocycles. The summed E-state index contributed by atoms with van der Waals surface area (Å²) in [6, 6.07) is 15.7. The van der Waals surface area contributed by atoms with Crippen LogP contribution in [-0.4, -0.2) is 41.4 Å². The van der Waals surface area contributed by atoms with E-state index in [1.807, 2.05) is 61.7 Å². The van der Waals surface area contributed by atoms with Crippen molar-refractivity contribution < 1.29 is 14.6 Å². The van der Waals surface area contributed by atoms with Crippen LogP contribution < -0.4 is 14.4 Å². The van der Waals surface area contributed by atoms with Crippen LogP contribution in [0.25, 0.3) is 11.3 Å². The molecule has 1 fully saturated rings. The summed E-state index contributed by atoms with van der Waals surface area (Å²) in [4.78, 5) is 11.3. The molecule has 1 aliphatic heterocycles. The Hall–Kier alpha value is -3.12. The molecule has 6 heteroatoms. The second-order valence-corrected chi connectivity index (χ2v) is 7.17. The number of aromatic nitrogens is 2. The number of pyridine rings is 2. The first-order valence-electron chi connectivity index (χ1n) is 9.76. The molecule has 1 aliphatic rings. The molecule has 1 N–H and O–H groups in total. The molecule has 4 rings (SSSR count). The van der Waals surface area contributed by atoms with Crippen LogP contribution in [0, 0.1) is 6.92 Å². The Morgan fingerprint density at radius 2 is 2.00 bits per heavy atom. The third-order valence-corrected chi connectivity index (χ3v) is 5.14. The largest absolute Gasteiger partial charge is 0.496 e. The monoisotopic (exact) mass is 391 g/mol. The Bertz CT molecular complexity index is 975. The molecular weight excluding hydrogens is 366 g/mol. The number of methoxy groups -OCH3 is 1. The molecule has 0 bridgehead atoms. The molecule has 0 spiro atoms. The van der Waals surface area contributed by atoms with Crippen molar-refractivity contribution in [3.8, 4) is 22.9 Å². The van der Waals surface area contributed by atoms with Gasteiger partial charge >= 0.3 is 0 Å². The summed E-state index contributed by atoms with van der Waals surface area (Å²) in [5.74, 6) is 1.41. The number of aliphatic hydroxyl groups excluding tert-OH is 1. The minimum atomic E-state index is -0.125. The summed E-state index contributed by atoms with van der Waals surface area (Å²) < 4.78 is 11.5. The normalized spacial score (nSPS) is 16.1. The molecule has 1 unspecified atom stereocenters. The van der Waals surface area contributed by atoms with Gasteiger partial charge in [0.1, 0.15) is 11.9 Å². The fourth-order valence-electron chi connectivity index (χ4n) is 3.64. The summed E-state index contributed by atoms with van der Waals surface area (Å²) >= 11 is 0. The van der Waals surface area contributed by atoms with Crippen molar-refractivity contribution in [2.24, 2.45) is 0 Å². The zero-order chi connectivity index (χ0) is 20.2. The van der Waals surface area contributed by atoms with Gasteiger partial charge in [0, 0.05) is 30.8 Å². The van der Waals surface area contributed by atoms with Crippen molar-refractivity contribution in [2.75, 3.05) is 25.1 Å². The first-order valence-corrected chi connectivity index (χ1v) is 9.76. The Morgan fingerprint density at radius 3 is 2.76 bits per heavy atom. The Morgan fingerprint density at radius 1 is 1.14 bits per heavy atom. The van der Waals surface area contributed by atoms with Gasteiger partial charge in [0.15, 0.2) is 0 Å². The van der Waals surface area contributed by atoms with Crippen molar-refractivity contribution in [2.45, 2.75) is 26.1 Å². The fraction of sp³-hybridized carbons (Fsp3) is 0.304. The van der Waals surface area contributed by atoms with Crippen LogP contribution in [0.4, 0.5) is 5.69 Å². The van der Waals surface area contributed by atoms with Crippen molar-refractivity contribution in [1.82, 2.24) is 9.97 Å². The first-order chi connectivity index (χ1) is 14.2. The van der Waals surface area contributed by atoms with Crippen LogP contribution in [-0.2, 0) is 6.61 Å². The maximum absolute atomic E-state index is 9.94. The van der Waals surface area contributed by atoms with Crippen LogP contribution in [0.3, 0.4) is 0 Å². The molecule has 0 radical (unpaired) electrons. The number of benzene rings is 1. The zero-order valence-electron chi connectivity index (χ0n) is 16.7. The smallest absolute Gasteiger partial charge is 0.213 e. The van der Waals surface area contributed by atoms with Crippen molar-refractivity contribution in [1.29, 1.82) is 0 Å². The van der Waals surface area contributed by atoms with Gasteiger partial charge in [0.2, 0.25) is 5.88 Å². The number of rotatable bonds is 6. The second-order valence-electron chi connectivity index (χ2n) is 7.17. The molecule has 6 nitrogen and oxygen atoms in total. The number of aliphatic hydroxyl groups is 1. The molecule has 3 heterocycles. The molecule has 29 heavy (non-hydrogen) atoms. The van der Waals surface area contributed by atoms with E-state index in [0.717, 1.165) is 47.8 Å². The lowest BCUT2D eigenvalue weighted by molar-refractivity contribution is 0.215. The van der Waals surface area contributed by atoms with E-state index in [0.29, 0.717) is 11.6 Å². The minimum Gasteiger partial charge on any atom is -0.496 e. The third kappa shape index (κ3) is 4.17. The van der Waals surface area contributed by atoms with E-state index in [1.54, 1.807) is 7.11 Å². The standard InChI is InChI=1S/C23H25N3O3/c1-16-7-10-23(24-13-16)29-17-11-12-26(14-17)21-9-8-19(25-20(21)15-27)18-5-3-4-6-22(18)28-2/h3-10,13,17,27H,11-12,14-15H2,1-2H3. The molecule has 0 amide bonds. The predicted octanol–water partition coefficient (Wildman–Crippen LogP) is 3.61. The molecular formula is C23H25N3O3. The van der Waals surface area contributed by atoms with E-state index in [-0.39, 0.29) is 12.7 Å². The van der Waals surface area contributed by atoms with Crippen LogP contribution in [0.2, 0.25) is 0 Å². The highest BCUT2D eigenvalue weighted by Crippen LogP contribution is 2.32. The van der Waals surface area contributed by atoms with E-state index in [1.165, 1.54) is 0 Å². The fourth-order valence-corrected chi connectivity index (χ4v) is 3.64. The van der Waals surface area contributed by atoms with Crippen LogP contribution in [0.1, 0.15) is 17.7 Å². The van der Waals surface area contributed by atoms with E-state index in [9.17, 15) is 5.11 Å². The molecule has 150 valence electrons. The van der Waals surface area contributed by atoms with Gasteiger partial charge in [-0.1, -0.05) is 18.2 Å². The Labute approximate surface area is 170 Å². The third-order valence-electron chi connectivity index (χ3n) is 5.14. The summed E-state index contributed by atoms with van der Waals surface area (Å²) in [6.45, 7) is 3.46. The van der Waals surface area contributed by atoms with Crippen LogP contribution in [0.15, 0.2) is 54.7 Å². The van der Waals surface area contributed by atoms with Crippen molar-refractivity contribution in [3.63, 3.8) is 0 Å². The SMILES string of the molecule is COc1ccccc1-c1ccc(N2CCC(Oc3ccc(C)cn3)C2)c(CO)n1. The molecule has 1 atom stereocenters. The predicted molar refractivity (Wildman–Crippen MR) is 112 cm³/mol. The minimum absolute atomic E-state index is 0.0608. The van der Waals surface area contributed by atoms with Gasteiger partial charge in [-0.15, -0.1) is 0 Å². The summed E-state index contributed by atoms with van der Waals surface area (Å²) in [7, 11) is 1.65. The van der Waals surface area contributed by atoms with Crippen LogP contribution in [0.5, 0.6) is 11.6 Å². The van der Waals surface area contributed by atoms with E-state index < -0.39 is 0 Å². The maximum Gasteiger partial charge on any atom is 0.213 e. The molecule has 3 aromatic rings. The van der Waals surface area contributed by atoms with Gasteiger partial charge < -0.3 is 19.5 Å².